The second-order valence-electron chi connectivity index (χ2n) is 6.36. The third-order valence-corrected chi connectivity index (χ3v) is 4.68. The number of benzene rings is 2. The Kier molecular flexibility index (Phi) is 3.88. The van der Waals surface area contributed by atoms with Gasteiger partial charge in [0.1, 0.15) is 18.2 Å². The number of nitrogens with one attached hydrogen (secondary N) is 1. The van der Waals surface area contributed by atoms with Crippen molar-refractivity contribution in [2.24, 2.45) is 0 Å². The lowest BCUT2D eigenvalue weighted by Crippen LogP contribution is -2.32. The molecule has 23 heavy (non-hydrogen) atoms. The molecule has 1 saturated heterocycles. The van der Waals surface area contributed by atoms with Gasteiger partial charge >= 0.3 is 0 Å². The van der Waals surface area contributed by atoms with Gasteiger partial charge in [0.15, 0.2) is 0 Å². The van der Waals surface area contributed by atoms with Gasteiger partial charge in [-0.25, -0.2) is 4.39 Å². The Bertz CT molecular complexity index is 726. The normalized spacial score (nSPS) is 22.7. The van der Waals surface area contributed by atoms with Crippen molar-refractivity contribution in [3.63, 3.8) is 0 Å². The molecule has 2 aromatic rings. The minimum Gasteiger partial charge on any atom is -0.489 e. The maximum Gasteiger partial charge on any atom is 0.134 e. The minimum atomic E-state index is -0.192. The molecule has 2 bridgehead atoms. The van der Waals surface area contributed by atoms with Gasteiger partial charge in [-0.2, -0.15) is 0 Å². The first kappa shape index (κ1) is 14.5. The molecule has 2 nitrogen and oxygen atoms in total. The Balaban J connectivity index is 1.49. The van der Waals surface area contributed by atoms with Crippen LogP contribution in [0.15, 0.2) is 54.6 Å². The summed E-state index contributed by atoms with van der Waals surface area (Å²) in [7, 11) is 0. The number of hydrogen-bond acceptors (Lipinski definition) is 2. The highest BCUT2D eigenvalue weighted by Crippen LogP contribution is 2.34. The van der Waals surface area contributed by atoms with Crippen LogP contribution in [-0.4, -0.2) is 12.1 Å². The molecule has 0 aliphatic carbocycles. The summed E-state index contributed by atoms with van der Waals surface area (Å²) in [6, 6.07) is 16.1. The van der Waals surface area contributed by atoms with Crippen molar-refractivity contribution in [1.82, 2.24) is 5.32 Å². The Hall–Kier alpha value is -2.13. The van der Waals surface area contributed by atoms with Gasteiger partial charge in [-0.05, 0) is 42.5 Å². The van der Waals surface area contributed by atoms with E-state index in [1.165, 1.54) is 12.5 Å². The van der Waals surface area contributed by atoms with Crippen LogP contribution in [0.3, 0.4) is 0 Å². The minimum absolute atomic E-state index is 0.192. The molecule has 3 heteroatoms. The van der Waals surface area contributed by atoms with Crippen molar-refractivity contribution >= 4 is 5.57 Å². The Morgan fingerprint density at radius 3 is 2.74 bits per heavy atom. The molecule has 2 aromatic carbocycles. The van der Waals surface area contributed by atoms with E-state index in [4.69, 9.17) is 4.74 Å². The van der Waals surface area contributed by atoms with Gasteiger partial charge in [-0.15, -0.1) is 0 Å². The molecule has 4 rings (SSSR count). The summed E-state index contributed by atoms with van der Waals surface area (Å²) in [6.07, 6.45) is 5.45. The van der Waals surface area contributed by atoms with Crippen molar-refractivity contribution in [3.8, 4) is 5.75 Å². The summed E-state index contributed by atoms with van der Waals surface area (Å²) in [5.41, 5.74) is 2.92. The van der Waals surface area contributed by atoms with E-state index in [0.717, 1.165) is 29.5 Å². The zero-order valence-electron chi connectivity index (χ0n) is 13.0. The van der Waals surface area contributed by atoms with E-state index in [2.05, 4.69) is 11.4 Å². The standard InChI is InChI=1S/C20H20FNO/c21-20-12-18(23-13-14-4-2-1-3-5-14)8-9-19(20)15-10-16-6-7-17(11-15)22-16/h1-5,8-10,12,16-17,22H,6-7,11,13H2. The molecule has 1 fully saturated rings. The first-order valence-electron chi connectivity index (χ1n) is 8.21. The van der Waals surface area contributed by atoms with Crippen LogP contribution in [0.1, 0.15) is 30.4 Å². The highest BCUT2D eigenvalue weighted by molar-refractivity contribution is 5.69. The van der Waals surface area contributed by atoms with Crippen molar-refractivity contribution in [1.29, 1.82) is 0 Å². The fourth-order valence-electron chi connectivity index (χ4n) is 3.51. The lowest BCUT2D eigenvalue weighted by Gasteiger charge is -2.22. The van der Waals surface area contributed by atoms with Gasteiger partial charge in [0.25, 0.3) is 0 Å². The fraction of sp³-hybridized carbons (Fsp3) is 0.300. The van der Waals surface area contributed by atoms with Gasteiger partial charge in [0.2, 0.25) is 0 Å². The van der Waals surface area contributed by atoms with Crippen LogP contribution < -0.4 is 10.1 Å². The van der Waals surface area contributed by atoms with Crippen LogP contribution in [0.2, 0.25) is 0 Å². The van der Waals surface area contributed by atoms with E-state index in [-0.39, 0.29) is 5.82 Å². The molecule has 0 saturated carbocycles. The SMILES string of the molecule is Fc1cc(OCc2ccccc2)ccc1C1=CC2CCC(C1)N2. The average molecular weight is 309 g/mol. The fourth-order valence-corrected chi connectivity index (χ4v) is 3.51. The van der Waals surface area contributed by atoms with E-state index < -0.39 is 0 Å². The quantitative estimate of drug-likeness (QED) is 0.908. The lowest BCUT2D eigenvalue weighted by atomic mass is 9.95. The van der Waals surface area contributed by atoms with E-state index in [0.29, 0.717) is 24.4 Å². The average Bonchev–Trinajstić information content (AvgIpc) is 2.92. The molecule has 118 valence electrons. The largest absolute Gasteiger partial charge is 0.489 e. The predicted octanol–water partition coefficient (Wildman–Crippen LogP) is 4.31. The van der Waals surface area contributed by atoms with Crippen molar-refractivity contribution in [2.45, 2.75) is 38.0 Å². The van der Waals surface area contributed by atoms with Gasteiger partial charge in [-0.1, -0.05) is 36.4 Å². The molecule has 2 atom stereocenters. The number of hydrogen-bond donors (Lipinski definition) is 1. The van der Waals surface area contributed by atoms with Gasteiger partial charge in [0, 0.05) is 23.7 Å². The highest BCUT2D eigenvalue weighted by Gasteiger charge is 2.29. The van der Waals surface area contributed by atoms with Crippen LogP contribution in [0, 0.1) is 5.82 Å². The summed E-state index contributed by atoms with van der Waals surface area (Å²) in [4.78, 5) is 0. The molecule has 2 aliphatic heterocycles. The second kappa shape index (κ2) is 6.17. The highest BCUT2D eigenvalue weighted by atomic mass is 19.1. The summed E-state index contributed by atoms with van der Waals surface area (Å²) >= 11 is 0. The Morgan fingerprint density at radius 2 is 1.96 bits per heavy atom. The number of rotatable bonds is 4. The van der Waals surface area contributed by atoms with Crippen molar-refractivity contribution in [3.05, 3.63) is 71.6 Å². The first-order chi connectivity index (χ1) is 11.3. The van der Waals surface area contributed by atoms with Gasteiger partial charge in [-0.3, -0.25) is 0 Å². The number of halogens is 1. The monoisotopic (exact) mass is 309 g/mol. The lowest BCUT2D eigenvalue weighted by molar-refractivity contribution is 0.304. The third kappa shape index (κ3) is 3.15. The van der Waals surface area contributed by atoms with Crippen LogP contribution in [-0.2, 0) is 6.61 Å². The third-order valence-electron chi connectivity index (χ3n) is 4.68. The van der Waals surface area contributed by atoms with Gasteiger partial charge in [0.05, 0.1) is 0 Å². The van der Waals surface area contributed by atoms with E-state index in [1.54, 1.807) is 0 Å². The van der Waals surface area contributed by atoms with Crippen molar-refractivity contribution < 1.29 is 9.13 Å². The molecular formula is C20H20FNO. The molecule has 0 aromatic heterocycles. The van der Waals surface area contributed by atoms with E-state index >= 15 is 0 Å². The molecule has 0 amide bonds. The van der Waals surface area contributed by atoms with Crippen LogP contribution >= 0.6 is 0 Å². The maximum atomic E-state index is 14.5. The molecule has 2 unspecified atom stereocenters. The molecule has 2 heterocycles. The second-order valence-corrected chi connectivity index (χ2v) is 6.36. The molecule has 0 radical (unpaired) electrons. The first-order valence-corrected chi connectivity index (χ1v) is 8.21. The zero-order valence-corrected chi connectivity index (χ0v) is 13.0. The maximum absolute atomic E-state index is 14.5. The number of ether oxygens (including phenoxy) is 1. The molecule has 1 N–H and O–H groups in total. The summed E-state index contributed by atoms with van der Waals surface area (Å²) < 4.78 is 20.2. The molecular weight excluding hydrogens is 289 g/mol. The summed E-state index contributed by atoms with van der Waals surface area (Å²) in [5, 5.41) is 3.54. The van der Waals surface area contributed by atoms with Crippen molar-refractivity contribution in [2.75, 3.05) is 0 Å². The van der Waals surface area contributed by atoms with Gasteiger partial charge < -0.3 is 10.1 Å². The van der Waals surface area contributed by atoms with Crippen LogP contribution in [0.4, 0.5) is 4.39 Å². The molecule has 2 aliphatic rings. The molecule has 0 spiro atoms. The Morgan fingerprint density at radius 1 is 1.09 bits per heavy atom. The summed E-state index contributed by atoms with van der Waals surface area (Å²) in [6.45, 7) is 0.455. The predicted molar refractivity (Wildman–Crippen MR) is 89.7 cm³/mol. The van der Waals surface area contributed by atoms with E-state index in [1.807, 2.05) is 42.5 Å². The Labute approximate surface area is 136 Å². The smallest absolute Gasteiger partial charge is 0.134 e. The zero-order chi connectivity index (χ0) is 15.6. The van der Waals surface area contributed by atoms with Crippen LogP contribution in [0.5, 0.6) is 5.75 Å². The summed E-state index contributed by atoms with van der Waals surface area (Å²) in [5.74, 6) is 0.385. The number of fused-ring (bicyclic) bond motifs is 2. The van der Waals surface area contributed by atoms with E-state index in [9.17, 15) is 4.39 Å². The van der Waals surface area contributed by atoms with Crippen LogP contribution in [0.25, 0.3) is 5.57 Å². The topological polar surface area (TPSA) is 21.3 Å².